The van der Waals surface area contributed by atoms with Gasteiger partial charge in [-0.15, -0.1) is 0 Å². The zero-order valence-corrected chi connectivity index (χ0v) is 17.1. The van der Waals surface area contributed by atoms with Gasteiger partial charge in [0.15, 0.2) is 0 Å². The number of aromatic amines is 1. The van der Waals surface area contributed by atoms with Crippen molar-refractivity contribution in [2.24, 2.45) is 0 Å². The second-order valence-electron chi connectivity index (χ2n) is 7.79. The van der Waals surface area contributed by atoms with Gasteiger partial charge in [0.1, 0.15) is 0 Å². The molecule has 1 aromatic heterocycles. The first-order chi connectivity index (χ1) is 14.6. The van der Waals surface area contributed by atoms with Gasteiger partial charge in [-0.2, -0.15) is 5.10 Å². The Bertz CT molecular complexity index is 1150. The molecule has 2 aliphatic heterocycles. The molecule has 2 N–H and O–H groups in total. The van der Waals surface area contributed by atoms with E-state index in [2.05, 4.69) is 15.5 Å². The molecule has 5 rings (SSSR count). The van der Waals surface area contributed by atoms with Crippen molar-refractivity contribution in [2.45, 2.75) is 32.2 Å². The lowest BCUT2D eigenvalue weighted by molar-refractivity contribution is -0.116. The van der Waals surface area contributed by atoms with Gasteiger partial charge in [0, 0.05) is 59.0 Å². The summed E-state index contributed by atoms with van der Waals surface area (Å²) in [6.07, 6.45) is 2.83. The zero-order chi connectivity index (χ0) is 20.7. The van der Waals surface area contributed by atoms with E-state index in [1.54, 1.807) is 6.07 Å². The molecule has 7 heteroatoms. The Morgan fingerprint density at radius 2 is 2.00 bits per heavy atom. The molecule has 0 aliphatic carbocycles. The van der Waals surface area contributed by atoms with E-state index in [1.165, 1.54) is 0 Å². The van der Waals surface area contributed by atoms with Crippen LogP contribution in [0, 0.1) is 0 Å². The maximum atomic E-state index is 13.3. The minimum atomic E-state index is -0.00253. The summed E-state index contributed by atoms with van der Waals surface area (Å²) >= 11 is 6.15. The number of aromatic nitrogens is 2. The SMILES string of the molecule is O=C1CCCc2cc(C(=O)N3CCc4[nH]nc(-c5cccc(Cl)c5)c4C3)ccc2N1. The monoisotopic (exact) mass is 420 g/mol. The molecule has 2 aliphatic rings. The Labute approximate surface area is 179 Å². The van der Waals surface area contributed by atoms with Gasteiger partial charge < -0.3 is 10.2 Å². The maximum Gasteiger partial charge on any atom is 0.254 e. The molecule has 6 nitrogen and oxygen atoms in total. The Kier molecular flexibility index (Phi) is 4.79. The van der Waals surface area contributed by atoms with Gasteiger partial charge in [-0.25, -0.2) is 0 Å². The number of nitrogens with zero attached hydrogens (tertiary/aromatic N) is 2. The third kappa shape index (κ3) is 3.48. The molecule has 0 fully saturated rings. The van der Waals surface area contributed by atoms with Gasteiger partial charge in [-0.3, -0.25) is 14.7 Å². The molecule has 2 amide bonds. The fourth-order valence-electron chi connectivity index (χ4n) is 4.23. The van der Waals surface area contributed by atoms with Crippen molar-refractivity contribution in [1.29, 1.82) is 0 Å². The average Bonchev–Trinajstić information content (AvgIpc) is 3.08. The maximum absolute atomic E-state index is 13.3. The van der Waals surface area contributed by atoms with Crippen LogP contribution in [0.5, 0.6) is 0 Å². The van der Waals surface area contributed by atoms with Crippen LogP contribution < -0.4 is 5.32 Å². The van der Waals surface area contributed by atoms with Gasteiger partial charge in [0.05, 0.1) is 5.69 Å². The number of benzene rings is 2. The lowest BCUT2D eigenvalue weighted by atomic mass is 9.99. The molecule has 0 unspecified atom stereocenters. The van der Waals surface area contributed by atoms with Crippen LogP contribution in [0.25, 0.3) is 11.3 Å². The van der Waals surface area contributed by atoms with Gasteiger partial charge in [0.2, 0.25) is 5.91 Å². The fraction of sp³-hybridized carbons (Fsp3) is 0.261. The predicted octanol–water partition coefficient (Wildman–Crippen LogP) is 4.20. The topological polar surface area (TPSA) is 78.1 Å². The predicted molar refractivity (Wildman–Crippen MR) is 115 cm³/mol. The number of nitrogens with one attached hydrogen (secondary N) is 2. The largest absolute Gasteiger partial charge is 0.334 e. The Balaban J connectivity index is 1.41. The van der Waals surface area contributed by atoms with Crippen molar-refractivity contribution in [1.82, 2.24) is 15.1 Å². The van der Waals surface area contributed by atoms with E-state index in [9.17, 15) is 9.59 Å². The Hall–Kier alpha value is -3.12. The first kappa shape index (κ1) is 18.9. The molecule has 0 atom stereocenters. The highest BCUT2D eigenvalue weighted by Crippen LogP contribution is 2.31. The Morgan fingerprint density at radius 3 is 2.87 bits per heavy atom. The van der Waals surface area contributed by atoms with Gasteiger partial charge in [0.25, 0.3) is 5.91 Å². The third-order valence-electron chi connectivity index (χ3n) is 5.79. The van der Waals surface area contributed by atoms with Crippen molar-refractivity contribution < 1.29 is 9.59 Å². The summed E-state index contributed by atoms with van der Waals surface area (Å²) in [6, 6.07) is 13.2. The number of anilines is 1. The van der Waals surface area contributed by atoms with Crippen LogP contribution in [0.15, 0.2) is 42.5 Å². The Morgan fingerprint density at radius 1 is 1.10 bits per heavy atom. The van der Waals surface area contributed by atoms with Crippen molar-refractivity contribution >= 4 is 29.1 Å². The first-order valence-electron chi connectivity index (χ1n) is 10.1. The number of carbonyl (C=O) groups is 2. The number of rotatable bonds is 2. The summed E-state index contributed by atoms with van der Waals surface area (Å²) in [7, 11) is 0. The molecule has 0 saturated carbocycles. The lowest BCUT2D eigenvalue weighted by Gasteiger charge is -2.27. The first-order valence-corrected chi connectivity index (χ1v) is 10.5. The molecule has 0 bridgehead atoms. The van der Waals surface area contributed by atoms with Gasteiger partial charge in [-0.1, -0.05) is 23.7 Å². The van der Waals surface area contributed by atoms with Crippen LogP contribution in [0.3, 0.4) is 0 Å². The molecule has 30 heavy (non-hydrogen) atoms. The second kappa shape index (κ2) is 7.61. The van der Waals surface area contributed by atoms with Crippen molar-refractivity contribution in [3.63, 3.8) is 0 Å². The quantitative estimate of drug-likeness (QED) is 0.652. The van der Waals surface area contributed by atoms with Gasteiger partial charge >= 0.3 is 0 Å². The molecule has 0 spiro atoms. The van der Waals surface area contributed by atoms with Crippen molar-refractivity contribution in [3.05, 3.63) is 69.9 Å². The summed E-state index contributed by atoms with van der Waals surface area (Å²) in [5.74, 6) is 0.0298. The molecule has 152 valence electrons. The summed E-state index contributed by atoms with van der Waals surface area (Å²) in [5, 5.41) is 11.2. The number of hydrogen-bond donors (Lipinski definition) is 2. The summed E-state index contributed by atoms with van der Waals surface area (Å²) in [4.78, 5) is 26.9. The number of H-pyrrole nitrogens is 1. The van der Waals surface area contributed by atoms with Crippen LogP contribution in [0.4, 0.5) is 5.69 Å². The van der Waals surface area contributed by atoms with Crippen LogP contribution in [0.2, 0.25) is 5.02 Å². The highest BCUT2D eigenvalue weighted by molar-refractivity contribution is 6.30. The fourth-order valence-corrected chi connectivity index (χ4v) is 4.42. The van der Waals surface area contributed by atoms with E-state index >= 15 is 0 Å². The minimum absolute atomic E-state index is 0.00253. The van der Waals surface area contributed by atoms with Crippen molar-refractivity contribution in [2.75, 3.05) is 11.9 Å². The number of halogens is 1. The molecule has 0 radical (unpaired) electrons. The molecular formula is C23H21ClN4O2. The van der Waals surface area contributed by atoms with E-state index in [-0.39, 0.29) is 11.8 Å². The second-order valence-corrected chi connectivity index (χ2v) is 8.23. The van der Waals surface area contributed by atoms with Crippen LogP contribution in [-0.2, 0) is 24.2 Å². The lowest BCUT2D eigenvalue weighted by Crippen LogP contribution is -2.36. The number of fused-ring (bicyclic) bond motifs is 2. The van der Waals surface area contributed by atoms with E-state index in [1.807, 2.05) is 41.3 Å². The van der Waals surface area contributed by atoms with Gasteiger partial charge in [-0.05, 0) is 48.7 Å². The standard InChI is InChI=1S/C23H21ClN4O2/c24-17-5-1-4-15(12-17)22-18-13-28(10-9-20(18)26-27-22)23(30)16-7-8-19-14(11-16)3-2-6-21(29)25-19/h1,4-5,7-8,11-12H,2-3,6,9-10,13H2,(H,25,29)(H,26,27). The van der Waals surface area contributed by atoms with E-state index in [0.29, 0.717) is 30.1 Å². The highest BCUT2D eigenvalue weighted by atomic mass is 35.5. The van der Waals surface area contributed by atoms with E-state index in [4.69, 9.17) is 11.6 Å². The smallest absolute Gasteiger partial charge is 0.254 e. The number of amides is 2. The summed E-state index contributed by atoms with van der Waals surface area (Å²) < 4.78 is 0. The number of aryl methyl sites for hydroxylation is 1. The molecule has 2 aromatic carbocycles. The molecule has 3 aromatic rings. The molecule has 0 saturated heterocycles. The van der Waals surface area contributed by atoms with E-state index < -0.39 is 0 Å². The van der Waals surface area contributed by atoms with Crippen LogP contribution in [0.1, 0.15) is 40.0 Å². The van der Waals surface area contributed by atoms with E-state index in [0.717, 1.165) is 53.0 Å². The summed E-state index contributed by atoms with van der Waals surface area (Å²) in [6.45, 7) is 1.14. The minimum Gasteiger partial charge on any atom is -0.334 e. The highest BCUT2D eigenvalue weighted by Gasteiger charge is 2.27. The molecular weight excluding hydrogens is 400 g/mol. The average molecular weight is 421 g/mol. The number of hydrogen-bond acceptors (Lipinski definition) is 3. The normalized spacial score (nSPS) is 15.8. The number of carbonyl (C=O) groups excluding carboxylic acids is 2. The molecule has 3 heterocycles. The van der Waals surface area contributed by atoms with Crippen LogP contribution >= 0.6 is 11.6 Å². The summed E-state index contributed by atoms with van der Waals surface area (Å²) in [5.41, 5.74) is 6.38. The van der Waals surface area contributed by atoms with Crippen LogP contribution in [-0.4, -0.2) is 33.5 Å². The van der Waals surface area contributed by atoms with Crippen molar-refractivity contribution in [3.8, 4) is 11.3 Å². The zero-order valence-electron chi connectivity index (χ0n) is 16.4. The third-order valence-corrected chi connectivity index (χ3v) is 6.03.